The Morgan fingerprint density at radius 1 is 0.893 bits per heavy atom. The van der Waals surface area contributed by atoms with Crippen molar-refractivity contribution in [2.75, 3.05) is 0 Å². The second-order valence-electron chi connectivity index (χ2n) is 8.92. The zero-order valence-corrected chi connectivity index (χ0v) is 18.0. The van der Waals surface area contributed by atoms with Crippen LogP contribution in [0.1, 0.15) is 72.9 Å². The van der Waals surface area contributed by atoms with Crippen LogP contribution in [0, 0.1) is 5.92 Å². The van der Waals surface area contributed by atoms with E-state index in [1.54, 1.807) is 41.5 Å². The Balaban J connectivity index is 2.81. The van der Waals surface area contributed by atoms with Crippen molar-refractivity contribution in [1.29, 1.82) is 0 Å². The predicted molar refractivity (Wildman–Crippen MR) is 107 cm³/mol. The molecule has 0 bridgehead atoms. The molecule has 6 heteroatoms. The molecule has 0 aliphatic heterocycles. The van der Waals surface area contributed by atoms with Crippen molar-refractivity contribution in [2.24, 2.45) is 5.92 Å². The summed E-state index contributed by atoms with van der Waals surface area (Å²) in [6, 6.07) is 9.30. The first kappa shape index (κ1) is 23.7. The lowest BCUT2D eigenvalue weighted by Gasteiger charge is -2.25. The Bertz CT molecular complexity index is 670. The van der Waals surface area contributed by atoms with Crippen molar-refractivity contribution < 1.29 is 23.9 Å². The molecular weight excluding hydrogens is 358 g/mol. The number of rotatable bonds is 7. The Hall–Kier alpha value is -2.37. The normalized spacial score (nSPS) is 14.0. The van der Waals surface area contributed by atoms with E-state index in [2.05, 4.69) is 5.32 Å². The van der Waals surface area contributed by atoms with Gasteiger partial charge in [-0.1, -0.05) is 30.3 Å². The van der Waals surface area contributed by atoms with Gasteiger partial charge in [-0.2, -0.15) is 0 Å². The maximum Gasteiger partial charge on any atom is 0.310 e. The topological polar surface area (TPSA) is 81.7 Å². The zero-order chi connectivity index (χ0) is 21.5. The lowest BCUT2D eigenvalue weighted by molar-refractivity contribution is -0.168. The quantitative estimate of drug-likeness (QED) is 0.712. The first-order valence-electron chi connectivity index (χ1n) is 9.56. The predicted octanol–water partition coefficient (Wildman–Crippen LogP) is 3.94. The smallest absolute Gasteiger partial charge is 0.310 e. The molecular formula is C22H33NO5. The van der Waals surface area contributed by atoms with Gasteiger partial charge in [-0.05, 0) is 54.0 Å². The van der Waals surface area contributed by atoms with Gasteiger partial charge in [0, 0.05) is 6.42 Å². The molecule has 1 aromatic carbocycles. The summed E-state index contributed by atoms with van der Waals surface area (Å²) in [5.41, 5.74) is -0.423. The molecule has 0 fully saturated rings. The minimum atomic E-state index is -0.906. The fraction of sp³-hybridized carbons (Fsp3) is 0.591. The monoisotopic (exact) mass is 391 g/mol. The average Bonchev–Trinajstić information content (AvgIpc) is 2.51. The molecule has 0 aliphatic rings. The maximum atomic E-state index is 12.5. The Morgan fingerprint density at radius 2 is 1.43 bits per heavy atom. The number of carbonyl (C=O) groups excluding carboxylic acids is 3. The van der Waals surface area contributed by atoms with Crippen molar-refractivity contribution in [2.45, 2.75) is 78.6 Å². The maximum absolute atomic E-state index is 12.5. The Labute approximate surface area is 168 Å². The van der Waals surface area contributed by atoms with Crippen LogP contribution < -0.4 is 5.32 Å². The number of ether oxygens (including phenoxy) is 2. The average molecular weight is 392 g/mol. The number of hydrogen-bond donors (Lipinski definition) is 1. The summed E-state index contributed by atoms with van der Waals surface area (Å²) in [5, 5.41) is 2.87. The van der Waals surface area contributed by atoms with Crippen LogP contribution in [0.25, 0.3) is 0 Å². The molecule has 2 atom stereocenters. The fourth-order valence-corrected chi connectivity index (χ4v) is 2.56. The molecule has 1 amide bonds. The molecule has 0 aliphatic carbocycles. The van der Waals surface area contributed by atoms with Crippen LogP contribution >= 0.6 is 0 Å². The molecule has 0 saturated carbocycles. The molecule has 1 N–H and O–H groups in total. The van der Waals surface area contributed by atoms with Crippen LogP contribution in [0.4, 0.5) is 0 Å². The lowest BCUT2D eigenvalue weighted by Crippen LogP contribution is -2.36. The molecule has 6 nitrogen and oxygen atoms in total. The number of carbonyl (C=O) groups is 3. The van der Waals surface area contributed by atoms with E-state index in [1.165, 1.54) is 0 Å². The number of hydrogen-bond acceptors (Lipinski definition) is 5. The van der Waals surface area contributed by atoms with E-state index in [0.29, 0.717) is 0 Å². The van der Waals surface area contributed by atoms with Crippen LogP contribution in [0.5, 0.6) is 0 Å². The van der Waals surface area contributed by atoms with Gasteiger partial charge >= 0.3 is 11.9 Å². The Kier molecular flexibility index (Phi) is 8.21. The van der Waals surface area contributed by atoms with Gasteiger partial charge in [0.15, 0.2) is 0 Å². The number of benzene rings is 1. The second-order valence-corrected chi connectivity index (χ2v) is 8.92. The van der Waals surface area contributed by atoms with Gasteiger partial charge in [0.2, 0.25) is 5.91 Å². The Morgan fingerprint density at radius 3 is 1.93 bits per heavy atom. The highest BCUT2D eigenvalue weighted by molar-refractivity contribution is 5.86. The molecule has 0 saturated heterocycles. The van der Waals surface area contributed by atoms with E-state index in [-0.39, 0.29) is 24.8 Å². The van der Waals surface area contributed by atoms with Gasteiger partial charge in [0.05, 0.1) is 18.4 Å². The largest absolute Gasteiger partial charge is 0.460 e. The summed E-state index contributed by atoms with van der Waals surface area (Å²) < 4.78 is 10.7. The van der Waals surface area contributed by atoms with Crippen molar-refractivity contribution in [1.82, 2.24) is 5.32 Å². The third-order valence-corrected chi connectivity index (χ3v) is 3.68. The number of amides is 1. The molecule has 0 unspecified atom stereocenters. The summed E-state index contributed by atoms with van der Waals surface area (Å²) >= 11 is 0. The number of esters is 2. The van der Waals surface area contributed by atoms with Gasteiger partial charge in [0.1, 0.15) is 11.2 Å². The summed E-state index contributed by atoms with van der Waals surface area (Å²) in [4.78, 5) is 37.2. The molecule has 156 valence electrons. The third-order valence-electron chi connectivity index (χ3n) is 3.68. The van der Waals surface area contributed by atoms with Crippen molar-refractivity contribution in [3.63, 3.8) is 0 Å². The first-order chi connectivity index (χ1) is 12.8. The van der Waals surface area contributed by atoms with Crippen LogP contribution in [0.2, 0.25) is 0 Å². The van der Waals surface area contributed by atoms with E-state index in [1.807, 2.05) is 37.3 Å². The molecule has 0 heterocycles. The van der Waals surface area contributed by atoms with E-state index in [9.17, 15) is 14.4 Å². The summed E-state index contributed by atoms with van der Waals surface area (Å²) in [7, 11) is 0. The highest BCUT2D eigenvalue weighted by Crippen LogP contribution is 2.20. The van der Waals surface area contributed by atoms with Crippen LogP contribution in [0.15, 0.2) is 30.3 Å². The molecule has 1 rings (SSSR count). The summed E-state index contributed by atoms with van der Waals surface area (Å²) in [5.74, 6) is -2.35. The van der Waals surface area contributed by atoms with E-state index in [0.717, 1.165) is 5.56 Å². The van der Waals surface area contributed by atoms with Crippen molar-refractivity contribution >= 4 is 17.8 Å². The van der Waals surface area contributed by atoms with Crippen molar-refractivity contribution in [3.05, 3.63) is 35.9 Å². The minimum absolute atomic E-state index is 0.147. The fourth-order valence-electron chi connectivity index (χ4n) is 2.56. The van der Waals surface area contributed by atoms with Crippen LogP contribution in [-0.2, 0) is 23.9 Å². The first-order valence-corrected chi connectivity index (χ1v) is 9.56. The van der Waals surface area contributed by atoms with Gasteiger partial charge in [-0.15, -0.1) is 0 Å². The third kappa shape index (κ3) is 9.53. The van der Waals surface area contributed by atoms with E-state index >= 15 is 0 Å². The molecule has 0 aromatic heterocycles. The minimum Gasteiger partial charge on any atom is -0.460 e. The highest BCUT2D eigenvalue weighted by atomic mass is 16.6. The van der Waals surface area contributed by atoms with Crippen LogP contribution in [0.3, 0.4) is 0 Å². The molecule has 0 radical (unpaired) electrons. The van der Waals surface area contributed by atoms with E-state index < -0.39 is 29.1 Å². The van der Waals surface area contributed by atoms with Gasteiger partial charge in [-0.3, -0.25) is 14.4 Å². The van der Waals surface area contributed by atoms with Gasteiger partial charge < -0.3 is 14.8 Å². The zero-order valence-electron chi connectivity index (χ0n) is 18.0. The highest BCUT2D eigenvalue weighted by Gasteiger charge is 2.31. The van der Waals surface area contributed by atoms with Gasteiger partial charge in [-0.25, -0.2) is 0 Å². The molecule has 0 spiro atoms. The molecule has 28 heavy (non-hydrogen) atoms. The van der Waals surface area contributed by atoms with Crippen molar-refractivity contribution in [3.8, 4) is 0 Å². The lowest BCUT2D eigenvalue weighted by atomic mass is 9.99. The summed E-state index contributed by atoms with van der Waals surface area (Å²) in [6.45, 7) is 12.3. The standard InChI is InChI=1S/C22H33NO5/c1-15(16-11-9-8-10-12-16)23-18(24)13-17(20(26)28-22(5,6)7)14-19(25)27-21(2,3)4/h8-12,15,17H,13-14H2,1-7H3,(H,23,24)/t15-,17-/m1/s1. The molecule has 1 aromatic rings. The van der Waals surface area contributed by atoms with Gasteiger partial charge in [0.25, 0.3) is 0 Å². The SMILES string of the molecule is C[C@@H](NC(=O)C[C@H](CC(=O)OC(C)(C)C)C(=O)OC(C)(C)C)c1ccccc1. The van der Waals surface area contributed by atoms with Crippen LogP contribution in [-0.4, -0.2) is 29.0 Å². The second kappa shape index (κ2) is 9.71. The number of nitrogens with one attached hydrogen (secondary N) is 1. The van der Waals surface area contributed by atoms with E-state index in [4.69, 9.17) is 9.47 Å². The summed E-state index contributed by atoms with van der Waals surface area (Å²) in [6.07, 6.45) is -0.356.